The summed E-state index contributed by atoms with van der Waals surface area (Å²) in [5, 5.41) is 15.3. The van der Waals surface area contributed by atoms with Crippen LogP contribution < -0.4 is 0 Å². The van der Waals surface area contributed by atoms with Crippen molar-refractivity contribution in [2.75, 3.05) is 0 Å². The normalized spacial score (nSPS) is 11.9. The predicted molar refractivity (Wildman–Crippen MR) is 87.9 cm³/mol. The van der Waals surface area contributed by atoms with Crippen molar-refractivity contribution in [2.24, 2.45) is 0 Å². The smallest absolute Gasteiger partial charge is 0.0907 e. The van der Waals surface area contributed by atoms with Crippen LogP contribution in [0.1, 0.15) is 5.01 Å². The van der Waals surface area contributed by atoms with Gasteiger partial charge in [0, 0.05) is 25.1 Å². The fourth-order valence-corrected chi connectivity index (χ4v) is 4.83. The van der Waals surface area contributed by atoms with E-state index < -0.39 is 0 Å². The highest BCUT2D eigenvalue weighted by molar-refractivity contribution is 7.94. The van der Waals surface area contributed by atoms with Crippen LogP contribution in [-0.2, 0) is 9.37 Å². The van der Waals surface area contributed by atoms with Crippen LogP contribution in [0.2, 0.25) is 0 Å². The van der Waals surface area contributed by atoms with Crippen molar-refractivity contribution < 1.29 is 14.6 Å². The molecule has 0 saturated heterocycles. The van der Waals surface area contributed by atoms with Crippen molar-refractivity contribution in [3.8, 4) is 0 Å². The molecular formula is C14H9NO3S3. The van der Waals surface area contributed by atoms with E-state index in [9.17, 15) is 0 Å². The molecule has 0 spiro atoms. The third-order valence-corrected chi connectivity index (χ3v) is 5.86. The van der Waals surface area contributed by atoms with Gasteiger partial charge in [0.05, 0.1) is 27.3 Å². The van der Waals surface area contributed by atoms with Crippen LogP contribution in [0.3, 0.4) is 0 Å². The topological polar surface area (TPSA) is 51.6 Å². The Kier molecular flexibility index (Phi) is 3.33. The molecule has 0 aliphatic rings. The Bertz CT molecular complexity index is 960. The molecule has 4 aromatic rings. The molecule has 2 aromatic carbocycles. The number of thiazole rings is 1. The van der Waals surface area contributed by atoms with Gasteiger partial charge in [-0.25, -0.2) is 10.2 Å². The summed E-state index contributed by atoms with van der Waals surface area (Å²) in [4.78, 5) is 5.43. The van der Waals surface area contributed by atoms with E-state index in [0.717, 1.165) is 32.8 Å². The van der Waals surface area contributed by atoms with Crippen LogP contribution in [0.4, 0.5) is 0 Å². The number of nitrogens with zero attached hydrogens (tertiary/aromatic N) is 1. The molecule has 0 unspecified atom stereocenters. The Hall–Kier alpha value is -1.22. The molecule has 0 fully saturated rings. The molecule has 2 heterocycles. The van der Waals surface area contributed by atoms with Crippen LogP contribution >= 0.6 is 34.7 Å². The molecule has 0 aliphatic carbocycles. The maximum atomic E-state index is 8.25. The summed E-state index contributed by atoms with van der Waals surface area (Å²) < 4.78 is 8.18. The highest BCUT2D eigenvalue weighted by Gasteiger charge is 2.10. The SMILES string of the molecule is Cc1nc2cc3c(cc2s1)sc1ccc(SOOO)cc13. The number of aryl methyl sites for hydroxylation is 1. The Morgan fingerprint density at radius 2 is 1.90 bits per heavy atom. The molecule has 106 valence electrons. The van der Waals surface area contributed by atoms with E-state index in [4.69, 9.17) is 5.26 Å². The minimum absolute atomic E-state index is 0.866. The number of benzene rings is 2. The highest BCUT2D eigenvalue weighted by atomic mass is 32.2. The van der Waals surface area contributed by atoms with Gasteiger partial charge in [0.25, 0.3) is 0 Å². The minimum Gasteiger partial charge on any atom is -0.241 e. The van der Waals surface area contributed by atoms with E-state index in [0.29, 0.717) is 0 Å². The zero-order chi connectivity index (χ0) is 14.4. The summed E-state index contributed by atoms with van der Waals surface area (Å²) in [7, 11) is 0. The molecule has 0 amide bonds. The van der Waals surface area contributed by atoms with E-state index >= 15 is 0 Å². The van der Waals surface area contributed by atoms with E-state index in [1.807, 2.05) is 19.1 Å². The first kappa shape index (κ1) is 13.4. The molecule has 2 aromatic heterocycles. The maximum Gasteiger partial charge on any atom is 0.0907 e. The van der Waals surface area contributed by atoms with Crippen LogP contribution in [0.25, 0.3) is 30.4 Å². The Labute approximate surface area is 132 Å². The zero-order valence-electron chi connectivity index (χ0n) is 10.8. The quantitative estimate of drug-likeness (QED) is 0.308. The fraction of sp³-hybridized carbons (Fsp3) is 0.0714. The maximum absolute atomic E-state index is 8.25. The molecule has 0 radical (unpaired) electrons. The van der Waals surface area contributed by atoms with Gasteiger partial charge in [-0.1, -0.05) is 5.04 Å². The van der Waals surface area contributed by atoms with Crippen molar-refractivity contribution in [3.63, 3.8) is 0 Å². The zero-order valence-corrected chi connectivity index (χ0v) is 13.3. The van der Waals surface area contributed by atoms with Crippen LogP contribution in [-0.4, -0.2) is 10.2 Å². The third kappa shape index (κ3) is 2.32. The Morgan fingerprint density at radius 3 is 2.76 bits per heavy atom. The standard InChI is InChI=1S/C14H9NO3S3/c1-7-15-11-5-10-9-4-8(21-18-17-16)2-3-12(9)20-13(10)6-14(11)19-7/h2-6,16H,1H3. The van der Waals surface area contributed by atoms with Crippen molar-refractivity contribution in [1.29, 1.82) is 0 Å². The summed E-state index contributed by atoms with van der Waals surface area (Å²) in [6.45, 7) is 2.03. The van der Waals surface area contributed by atoms with Gasteiger partial charge < -0.3 is 0 Å². The molecule has 21 heavy (non-hydrogen) atoms. The summed E-state index contributed by atoms with van der Waals surface area (Å²) >= 11 is 4.46. The van der Waals surface area contributed by atoms with Gasteiger partial charge in [0.15, 0.2) is 0 Å². The first-order chi connectivity index (χ1) is 10.2. The first-order valence-electron chi connectivity index (χ1n) is 6.13. The lowest BCUT2D eigenvalue weighted by Gasteiger charge is -1.98. The van der Waals surface area contributed by atoms with Gasteiger partial charge in [-0.2, -0.15) is 0 Å². The summed E-state index contributed by atoms with van der Waals surface area (Å²) in [5.41, 5.74) is 1.04. The van der Waals surface area contributed by atoms with Crippen molar-refractivity contribution in [1.82, 2.24) is 4.98 Å². The minimum atomic E-state index is 0.866. The van der Waals surface area contributed by atoms with E-state index in [1.165, 1.54) is 19.5 Å². The van der Waals surface area contributed by atoms with Crippen LogP contribution in [0.5, 0.6) is 0 Å². The van der Waals surface area contributed by atoms with Gasteiger partial charge in [0.1, 0.15) is 0 Å². The van der Waals surface area contributed by atoms with E-state index in [2.05, 4.69) is 32.6 Å². The first-order valence-corrected chi connectivity index (χ1v) is 8.50. The number of fused-ring (bicyclic) bond motifs is 4. The third-order valence-electron chi connectivity index (χ3n) is 3.22. The average molecular weight is 335 g/mol. The molecule has 7 heteroatoms. The molecule has 4 nitrogen and oxygen atoms in total. The lowest BCUT2D eigenvalue weighted by Crippen LogP contribution is -1.78. The number of rotatable bonds is 3. The van der Waals surface area contributed by atoms with E-state index in [-0.39, 0.29) is 0 Å². The summed E-state index contributed by atoms with van der Waals surface area (Å²) in [6, 6.07) is 10.4. The largest absolute Gasteiger partial charge is 0.241 e. The van der Waals surface area contributed by atoms with Crippen LogP contribution in [0.15, 0.2) is 35.2 Å². The molecule has 0 aliphatic heterocycles. The van der Waals surface area contributed by atoms with Crippen molar-refractivity contribution in [3.05, 3.63) is 35.3 Å². The van der Waals surface area contributed by atoms with Crippen molar-refractivity contribution >= 4 is 65.1 Å². The van der Waals surface area contributed by atoms with Gasteiger partial charge in [-0.15, -0.1) is 27.0 Å². The number of thiophene rings is 1. The number of aromatic nitrogens is 1. The monoisotopic (exact) mass is 335 g/mol. The number of hydrogen-bond acceptors (Lipinski definition) is 7. The molecule has 0 saturated carbocycles. The average Bonchev–Trinajstić information content (AvgIpc) is 3.00. The molecule has 0 bridgehead atoms. The molecular weight excluding hydrogens is 326 g/mol. The van der Waals surface area contributed by atoms with Crippen molar-refractivity contribution in [2.45, 2.75) is 11.8 Å². The second-order valence-electron chi connectivity index (χ2n) is 4.53. The summed E-state index contributed by atoms with van der Waals surface area (Å²) in [6.07, 6.45) is 0. The second kappa shape index (κ2) is 5.20. The fourth-order valence-electron chi connectivity index (χ4n) is 2.40. The van der Waals surface area contributed by atoms with Gasteiger partial charge in [-0.05, 0) is 37.3 Å². The van der Waals surface area contributed by atoms with Crippen LogP contribution in [0, 0.1) is 6.92 Å². The predicted octanol–water partition coefficient (Wildman–Crippen LogP) is 5.40. The number of hydrogen-bond donors (Lipinski definition) is 1. The molecule has 4 rings (SSSR count). The Balaban J connectivity index is 1.96. The van der Waals surface area contributed by atoms with E-state index in [1.54, 1.807) is 22.7 Å². The highest BCUT2D eigenvalue weighted by Crippen LogP contribution is 2.39. The second-order valence-corrected chi connectivity index (χ2v) is 7.63. The van der Waals surface area contributed by atoms with Gasteiger partial charge in [-0.3, -0.25) is 0 Å². The van der Waals surface area contributed by atoms with Gasteiger partial charge in [0.2, 0.25) is 0 Å². The van der Waals surface area contributed by atoms with Gasteiger partial charge >= 0.3 is 0 Å². The molecule has 1 N–H and O–H groups in total. The summed E-state index contributed by atoms with van der Waals surface area (Å²) in [5.74, 6) is 0. The Morgan fingerprint density at radius 1 is 1.05 bits per heavy atom. The lowest BCUT2D eigenvalue weighted by molar-refractivity contribution is -0.432. The molecule has 0 atom stereocenters. The lowest BCUT2D eigenvalue weighted by atomic mass is 10.1.